The predicted molar refractivity (Wildman–Crippen MR) is 64.4 cm³/mol. The van der Waals surface area contributed by atoms with Crippen LogP contribution >= 0.6 is 0 Å². The van der Waals surface area contributed by atoms with Crippen LogP contribution in [0.25, 0.3) is 0 Å². The van der Waals surface area contributed by atoms with Crippen molar-refractivity contribution in [2.45, 2.75) is 6.54 Å². The molecule has 5 heteroatoms. The van der Waals surface area contributed by atoms with Gasteiger partial charge in [0, 0.05) is 19.3 Å². The van der Waals surface area contributed by atoms with E-state index in [1.165, 1.54) is 6.26 Å². The molecule has 1 rings (SSSR count). The molecule has 0 aliphatic carbocycles. The monoisotopic (exact) mass is 243 g/mol. The number of rotatable bonds is 6. The largest absolute Gasteiger partial charge is 0.497 e. The van der Waals surface area contributed by atoms with Gasteiger partial charge < -0.3 is 10.1 Å². The van der Waals surface area contributed by atoms with Crippen LogP contribution in [-0.2, 0) is 16.4 Å². The number of methoxy groups -OCH3 is 1. The predicted octanol–water partition coefficient (Wildman–Crippen LogP) is 0.829. The van der Waals surface area contributed by atoms with Crippen molar-refractivity contribution in [1.82, 2.24) is 5.32 Å². The summed E-state index contributed by atoms with van der Waals surface area (Å²) in [5, 5.41) is 3.08. The summed E-state index contributed by atoms with van der Waals surface area (Å²) in [7, 11) is -1.25. The molecular formula is C11H17NO3S. The topological polar surface area (TPSA) is 55.4 Å². The van der Waals surface area contributed by atoms with E-state index in [-0.39, 0.29) is 5.75 Å². The summed E-state index contributed by atoms with van der Waals surface area (Å²) >= 11 is 0. The molecule has 0 amide bonds. The van der Waals surface area contributed by atoms with E-state index in [9.17, 15) is 8.42 Å². The lowest BCUT2D eigenvalue weighted by Crippen LogP contribution is -2.21. The third-order valence-electron chi connectivity index (χ3n) is 2.14. The van der Waals surface area contributed by atoms with Gasteiger partial charge in [-0.15, -0.1) is 0 Å². The van der Waals surface area contributed by atoms with Crippen molar-refractivity contribution >= 4 is 9.84 Å². The molecule has 0 fully saturated rings. The molecule has 0 heterocycles. The molecular weight excluding hydrogens is 226 g/mol. The van der Waals surface area contributed by atoms with Crippen molar-refractivity contribution in [3.63, 3.8) is 0 Å². The minimum absolute atomic E-state index is 0.170. The van der Waals surface area contributed by atoms with Crippen molar-refractivity contribution in [3.05, 3.63) is 29.8 Å². The molecule has 0 unspecified atom stereocenters. The highest BCUT2D eigenvalue weighted by Crippen LogP contribution is 2.10. The average Bonchev–Trinajstić information content (AvgIpc) is 2.24. The van der Waals surface area contributed by atoms with Gasteiger partial charge in [-0.3, -0.25) is 0 Å². The van der Waals surface area contributed by atoms with Gasteiger partial charge in [0.25, 0.3) is 0 Å². The third-order valence-corrected chi connectivity index (χ3v) is 3.08. The van der Waals surface area contributed by atoms with Crippen LogP contribution in [0.2, 0.25) is 0 Å². The lowest BCUT2D eigenvalue weighted by atomic mass is 10.2. The number of ether oxygens (including phenoxy) is 1. The fourth-order valence-electron chi connectivity index (χ4n) is 1.23. The van der Waals surface area contributed by atoms with Crippen LogP contribution < -0.4 is 10.1 Å². The van der Waals surface area contributed by atoms with E-state index < -0.39 is 9.84 Å². The smallest absolute Gasteiger partial charge is 0.148 e. The van der Waals surface area contributed by atoms with Gasteiger partial charge in [0.2, 0.25) is 0 Å². The zero-order valence-electron chi connectivity index (χ0n) is 9.56. The normalized spacial score (nSPS) is 11.4. The molecule has 0 radical (unpaired) electrons. The first-order valence-corrected chi connectivity index (χ1v) is 7.09. The highest BCUT2D eigenvalue weighted by atomic mass is 32.2. The SMILES string of the molecule is COc1ccc(CNCCS(C)(=O)=O)cc1. The van der Waals surface area contributed by atoms with E-state index >= 15 is 0 Å². The maximum absolute atomic E-state index is 10.9. The van der Waals surface area contributed by atoms with E-state index in [0.717, 1.165) is 11.3 Å². The van der Waals surface area contributed by atoms with Crippen LogP contribution in [0.1, 0.15) is 5.56 Å². The second-order valence-electron chi connectivity index (χ2n) is 3.65. The van der Waals surface area contributed by atoms with Gasteiger partial charge in [-0.1, -0.05) is 12.1 Å². The fourth-order valence-corrected chi connectivity index (χ4v) is 1.75. The Morgan fingerprint density at radius 2 is 1.88 bits per heavy atom. The van der Waals surface area contributed by atoms with Crippen molar-refractivity contribution in [2.24, 2.45) is 0 Å². The molecule has 0 aliphatic rings. The Balaban J connectivity index is 2.32. The maximum Gasteiger partial charge on any atom is 0.148 e. The molecule has 0 atom stereocenters. The molecule has 0 spiro atoms. The molecule has 1 N–H and O–H groups in total. The van der Waals surface area contributed by atoms with E-state index in [0.29, 0.717) is 13.1 Å². The number of hydrogen-bond acceptors (Lipinski definition) is 4. The average molecular weight is 243 g/mol. The summed E-state index contributed by atoms with van der Waals surface area (Å²) in [6.45, 7) is 1.14. The molecule has 16 heavy (non-hydrogen) atoms. The van der Waals surface area contributed by atoms with Crippen LogP contribution in [-0.4, -0.2) is 34.1 Å². The summed E-state index contributed by atoms with van der Waals surface area (Å²) in [6, 6.07) is 7.67. The van der Waals surface area contributed by atoms with Crippen molar-refractivity contribution < 1.29 is 13.2 Å². The molecule has 90 valence electrons. The molecule has 0 saturated carbocycles. The summed E-state index contributed by atoms with van der Waals surface area (Å²) in [5.74, 6) is 0.989. The highest BCUT2D eigenvalue weighted by Gasteiger charge is 2.00. The standard InChI is InChI=1S/C11H17NO3S/c1-15-11-5-3-10(4-6-11)9-12-7-8-16(2,13)14/h3-6,12H,7-9H2,1-2H3. The minimum atomic E-state index is -2.87. The molecule has 0 aliphatic heterocycles. The third kappa shape index (κ3) is 5.14. The molecule has 1 aromatic rings. The van der Waals surface area contributed by atoms with Gasteiger partial charge in [-0.2, -0.15) is 0 Å². The zero-order valence-corrected chi connectivity index (χ0v) is 10.4. The summed E-state index contributed by atoms with van der Waals surface area (Å²) in [6.07, 6.45) is 1.24. The Hall–Kier alpha value is -1.07. The first-order chi connectivity index (χ1) is 7.51. The summed E-state index contributed by atoms with van der Waals surface area (Å²) < 4.78 is 26.8. The number of nitrogens with one attached hydrogen (secondary N) is 1. The van der Waals surface area contributed by atoms with Gasteiger partial charge in [0.05, 0.1) is 12.9 Å². The van der Waals surface area contributed by atoms with Crippen LogP contribution in [0.5, 0.6) is 5.75 Å². The summed E-state index contributed by atoms with van der Waals surface area (Å²) in [5.41, 5.74) is 1.11. The Kier molecular flexibility index (Phi) is 4.76. The second-order valence-corrected chi connectivity index (χ2v) is 5.91. The maximum atomic E-state index is 10.9. The fraction of sp³-hybridized carbons (Fsp3) is 0.455. The Bertz CT molecular complexity index is 411. The number of benzene rings is 1. The van der Waals surface area contributed by atoms with E-state index in [1.807, 2.05) is 24.3 Å². The van der Waals surface area contributed by atoms with Gasteiger partial charge in [-0.05, 0) is 17.7 Å². The van der Waals surface area contributed by atoms with E-state index in [2.05, 4.69) is 5.32 Å². The molecule has 0 bridgehead atoms. The highest BCUT2D eigenvalue weighted by molar-refractivity contribution is 7.90. The number of sulfone groups is 1. The first kappa shape index (κ1) is 13.0. The lowest BCUT2D eigenvalue weighted by Gasteiger charge is -2.05. The first-order valence-electron chi connectivity index (χ1n) is 5.02. The molecule has 0 aromatic heterocycles. The van der Waals surface area contributed by atoms with E-state index in [1.54, 1.807) is 7.11 Å². The van der Waals surface area contributed by atoms with Crippen LogP contribution in [0.15, 0.2) is 24.3 Å². The Labute approximate surface area is 96.5 Å². The van der Waals surface area contributed by atoms with Crippen molar-refractivity contribution in [3.8, 4) is 5.75 Å². The van der Waals surface area contributed by atoms with Gasteiger partial charge >= 0.3 is 0 Å². The van der Waals surface area contributed by atoms with Gasteiger partial charge in [0.15, 0.2) is 0 Å². The van der Waals surface area contributed by atoms with Crippen LogP contribution in [0.4, 0.5) is 0 Å². The Morgan fingerprint density at radius 1 is 1.25 bits per heavy atom. The lowest BCUT2D eigenvalue weighted by molar-refractivity contribution is 0.414. The van der Waals surface area contributed by atoms with E-state index in [4.69, 9.17) is 4.74 Å². The Morgan fingerprint density at radius 3 is 2.38 bits per heavy atom. The minimum Gasteiger partial charge on any atom is -0.497 e. The summed E-state index contributed by atoms with van der Waals surface area (Å²) in [4.78, 5) is 0. The zero-order chi connectivity index (χ0) is 12.0. The van der Waals surface area contributed by atoms with Gasteiger partial charge in [0.1, 0.15) is 15.6 Å². The number of hydrogen-bond donors (Lipinski definition) is 1. The van der Waals surface area contributed by atoms with Gasteiger partial charge in [-0.25, -0.2) is 8.42 Å². The second kappa shape index (κ2) is 5.86. The van der Waals surface area contributed by atoms with Crippen molar-refractivity contribution in [2.75, 3.05) is 25.7 Å². The molecule has 4 nitrogen and oxygen atoms in total. The van der Waals surface area contributed by atoms with Crippen molar-refractivity contribution in [1.29, 1.82) is 0 Å². The van der Waals surface area contributed by atoms with Crippen LogP contribution in [0, 0.1) is 0 Å². The molecule has 1 aromatic carbocycles. The quantitative estimate of drug-likeness (QED) is 0.752. The van der Waals surface area contributed by atoms with Crippen LogP contribution in [0.3, 0.4) is 0 Å². The molecule has 0 saturated heterocycles.